The van der Waals surface area contributed by atoms with Crippen LogP contribution in [-0.2, 0) is 26.3 Å². The normalized spacial score (nSPS) is 16.7. The van der Waals surface area contributed by atoms with Gasteiger partial charge in [0.25, 0.3) is 0 Å². The van der Waals surface area contributed by atoms with Crippen LogP contribution in [0.1, 0.15) is 52.9 Å². The molecule has 0 bridgehead atoms. The lowest BCUT2D eigenvalue weighted by Gasteiger charge is -2.09. The summed E-state index contributed by atoms with van der Waals surface area (Å²) in [5.74, 6) is 1.12. The lowest BCUT2D eigenvalue weighted by molar-refractivity contribution is 0.628. The largest absolute Gasteiger partial charge is 0.338 e. The van der Waals surface area contributed by atoms with Gasteiger partial charge in [0, 0.05) is 41.7 Å². The lowest BCUT2D eigenvalue weighted by Crippen LogP contribution is -2.11. The van der Waals surface area contributed by atoms with Crippen LogP contribution in [0.5, 0.6) is 0 Å². The molecule has 0 amide bonds. The van der Waals surface area contributed by atoms with Crippen molar-refractivity contribution in [1.82, 2.24) is 9.55 Å². The molecule has 2 aromatic rings. The van der Waals surface area contributed by atoms with E-state index in [1.165, 1.54) is 37.0 Å². The molecule has 108 valence electrons. The second kappa shape index (κ2) is 6.10. The fourth-order valence-electron chi connectivity index (χ4n) is 2.94. The van der Waals surface area contributed by atoms with E-state index in [0.29, 0.717) is 0 Å². The topological polar surface area (TPSA) is 43.8 Å². The fourth-order valence-corrected chi connectivity index (χ4v) is 4.23. The van der Waals surface area contributed by atoms with Gasteiger partial charge >= 0.3 is 0 Å². The summed E-state index contributed by atoms with van der Waals surface area (Å²) in [6.07, 6.45) is 12.3. The van der Waals surface area contributed by atoms with Crippen molar-refractivity contribution < 1.29 is 0 Å². The Morgan fingerprint density at radius 3 is 3.00 bits per heavy atom. The minimum absolute atomic E-state index is 0.156. The van der Waals surface area contributed by atoms with Crippen molar-refractivity contribution >= 4 is 11.3 Å². The van der Waals surface area contributed by atoms with Crippen LogP contribution in [0.2, 0.25) is 0 Å². The third-order valence-electron chi connectivity index (χ3n) is 4.23. The van der Waals surface area contributed by atoms with Crippen LogP contribution in [0, 0.1) is 0 Å². The Morgan fingerprint density at radius 2 is 2.20 bits per heavy atom. The summed E-state index contributed by atoms with van der Waals surface area (Å²) >= 11 is 1.95. The highest BCUT2D eigenvalue weighted by Crippen LogP contribution is 2.32. The van der Waals surface area contributed by atoms with Crippen molar-refractivity contribution in [2.45, 2.75) is 51.0 Å². The number of imidazole rings is 1. The van der Waals surface area contributed by atoms with E-state index >= 15 is 0 Å². The van der Waals surface area contributed by atoms with E-state index in [1.54, 1.807) is 10.4 Å². The predicted molar refractivity (Wildman–Crippen MR) is 84.0 cm³/mol. The SMILES string of the molecule is Cn1ccnc1CCC(N)c1cc2c(s1)CCCCC2. The third-order valence-corrected chi connectivity index (χ3v) is 5.60. The highest BCUT2D eigenvalue weighted by Gasteiger charge is 2.16. The summed E-state index contributed by atoms with van der Waals surface area (Å²) in [5.41, 5.74) is 7.95. The summed E-state index contributed by atoms with van der Waals surface area (Å²) in [5, 5.41) is 0. The van der Waals surface area contributed by atoms with Crippen LogP contribution < -0.4 is 5.73 Å². The number of thiophene rings is 1. The molecule has 0 saturated carbocycles. The molecule has 0 radical (unpaired) electrons. The van der Waals surface area contributed by atoms with Gasteiger partial charge in [0.15, 0.2) is 0 Å². The smallest absolute Gasteiger partial charge is 0.108 e. The molecule has 1 unspecified atom stereocenters. The monoisotopic (exact) mass is 289 g/mol. The van der Waals surface area contributed by atoms with Crippen LogP contribution >= 0.6 is 11.3 Å². The van der Waals surface area contributed by atoms with Crippen molar-refractivity contribution in [1.29, 1.82) is 0 Å². The molecule has 2 aromatic heterocycles. The van der Waals surface area contributed by atoms with Crippen molar-refractivity contribution in [3.05, 3.63) is 39.6 Å². The van der Waals surface area contributed by atoms with Crippen molar-refractivity contribution in [2.75, 3.05) is 0 Å². The van der Waals surface area contributed by atoms with Crippen molar-refractivity contribution in [3.63, 3.8) is 0 Å². The van der Waals surface area contributed by atoms with Gasteiger partial charge in [-0.15, -0.1) is 11.3 Å². The maximum atomic E-state index is 6.39. The van der Waals surface area contributed by atoms with Crippen LogP contribution in [0.25, 0.3) is 0 Å². The quantitative estimate of drug-likeness (QED) is 0.877. The van der Waals surface area contributed by atoms with Gasteiger partial charge in [-0.1, -0.05) is 6.42 Å². The molecule has 1 atom stereocenters. The zero-order chi connectivity index (χ0) is 13.9. The molecule has 3 nitrogen and oxygen atoms in total. The highest BCUT2D eigenvalue weighted by molar-refractivity contribution is 7.12. The molecule has 0 fully saturated rings. The zero-order valence-electron chi connectivity index (χ0n) is 12.1. The summed E-state index contributed by atoms with van der Waals surface area (Å²) in [6, 6.07) is 2.53. The lowest BCUT2D eigenvalue weighted by atomic mass is 10.1. The van der Waals surface area contributed by atoms with Gasteiger partial charge in [0.05, 0.1) is 0 Å². The fraction of sp³-hybridized carbons (Fsp3) is 0.562. The van der Waals surface area contributed by atoms with Gasteiger partial charge in [-0.2, -0.15) is 0 Å². The van der Waals surface area contributed by atoms with Crippen LogP contribution in [0.4, 0.5) is 0 Å². The summed E-state index contributed by atoms with van der Waals surface area (Å²) in [7, 11) is 2.04. The molecular formula is C16H23N3S. The van der Waals surface area contributed by atoms with Crippen LogP contribution in [0.3, 0.4) is 0 Å². The first-order chi connectivity index (χ1) is 9.74. The van der Waals surface area contributed by atoms with E-state index in [9.17, 15) is 0 Å². The summed E-state index contributed by atoms with van der Waals surface area (Å²) < 4.78 is 2.08. The molecule has 3 rings (SSSR count). The van der Waals surface area contributed by atoms with Crippen molar-refractivity contribution in [2.24, 2.45) is 12.8 Å². The first-order valence-electron chi connectivity index (χ1n) is 7.57. The molecule has 0 saturated heterocycles. The van der Waals surface area contributed by atoms with Crippen LogP contribution in [-0.4, -0.2) is 9.55 Å². The number of fused-ring (bicyclic) bond motifs is 1. The molecule has 4 heteroatoms. The second-order valence-electron chi connectivity index (χ2n) is 5.76. The zero-order valence-corrected chi connectivity index (χ0v) is 13.0. The maximum Gasteiger partial charge on any atom is 0.108 e. The molecule has 0 aliphatic heterocycles. The van der Waals surface area contributed by atoms with E-state index in [1.807, 2.05) is 30.8 Å². The number of nitrogens with two attached hydrogens (primary N) is 1. The van der Waals surface area contributed by atoms with E-state index < -0.39 is 0 Å². The Bertz CT molecular complexity index is 547. The van der Waals surface area contributed by atoms with Gasteiger partial charge in [-0.05, 0) is 43.7 Å². The average Bonchev–Trinajstić information content (AvgIpc) is 2.97. The van der Waals surface area contributed by atoms with Gasteiger partial charge in [-0.3, -0.25) is 0 Å². The van der Waals surface area contributed by atoms with Crippen molar-refractivity contribution in [3.8, 4) is 0 Å². The Hall–Kier alpha value is -1.13. The number of rotatable bonds is 4. The number of aryl methyl sites for hydroxylation is 4. The van der Waals surface area contributed by atoms with Gasteiger partial charge in [-0.25, -0.2) is 4.98 Å². The number of nitrogens with zero attached hydrogens (tertiary/aromatic N) is 2. The first-order valence-corrected chi connectivity index (χ1v) is 8.39. The predicted octanol–water partition coefficient (Wildman–Crippen LogP) is 3.38. The molecular weight excluding hydrogens is 266 g/mol. The van der Waals surface area contributed by atoms with E-state index in [2.05, 4.69) is 15.6 Å². The van der Waals surface area contributed by atoms with E-state index in [4.69, 9.17) is 5.73 Å². The van der Waals surface area contributed by atoms with Crippen LogP contribution in [0.15, 0.2) is 18.5 Å². The Balaban J connectivity index is 1.65. The number of hydrogen-bond donors (Lipinski definition) is 1. The molecule has 0 aromatic carbocycles. The minimum atomic E-state index is 0.156. The number of aromatic nitrogens is 2. The molecule has 20 heavy (non-hydrogen) atoms. The summed E-state index contributed by atoms with van der Waals surface area (Å²) in [6.45, 7) is 0. The number of hydrogen-bond acceptors (Lipinski definition) is 3. The second-order valence-corrected chi connectivity index (χ2v) is 6.93. The summed E-state index contributed by atoms with van der Waals surface area (Å²) in [4.78, 5) is 7.32. The molecule has 1 aliphatic rings. The third kappa shape index (κ3) is 2.96. The average molecular weight is 289 g/mol. The maximum absolute atomic E-state index is 6.39. The van der Waals surface area contributed by atoms with E-state index in [0.717, 1.165) is 18.7 Å². The minimum Gasteiger partial charge on any atom is -0.338 e. The Morgan fingerprint density at radius 1 is 1.35 bits per heavy atom. The molecule has 0 spiro atoms. The molecule has 1 aliphatic carbocycles. The molecule has 2 heterocycles. The standard InChI is InChI=1S/C16H23N3S/c1-19-10-9-18-16(19)8-7-13(17)15-11-12-5-3-2-4-6-14(12)20-15/h9-11,13H,2-8,17H2,1H3. The van der Waals surface area contributed by atoms with Gasteiger partial charge in [0.1, 0.15) is 5.82 Å². The van der Waals surface area contributed by atoms with Gasteiger partial charge < -0.3 is 10.3 Å². The Kier molecular flexibility index (Phi) is 4.22. The highest BCUT2D eigenvalue weighted by atomic mass is 32.1. The van der Waals surface area contributed by atoms with Gasteiger partial charge in [0.2, 0.25) is 0 Å². The van der Waals surface area contributed by atoms with E-state index in [-0.39, 0.29) is 6.04 Å². The first kappa shape index (κ1) is 13.8. The molecule has 2 N–H and O–H groups in total. The Labute approximate surface area is 124 Å².